The number of fused-ring (bicyclic) bond motifs is 1. The van der Waals surface area contributed by atoms with Crippen molar-refractivity contribution < 1.29 is 30.9 Å². The predicted molar refractivity (Wildman–Crippen MR) is 86.3 cm³/mol. The van der Waals surface area contributed by atoms with Crippen LogP contribution >= 0.6 is 0 Å². The van der Waals surface area contributed by atoms with Gasteiger partial charge in [-0.1, -0.05) is 30.1 Å². The molecular formula is C16H17F3N2O4S. The fraction of sp³-hybridized carbons (Fsp3) is 0.500. The Balaban J connectivity index is 1.75. The van der Waals surface area contributed by atoms with Crippen LogP contribution in [0, 0.1) is 11.8 Å². The second-order valence-electron chi connectivity index (χ2n) is 6.39. The minimum absolute atomic E-state index is 0.0123. The second-order valence-corrected chi connectivity index (χ2v) is 8.11. The Hall–Kier alpha value is -2.10. The number of sulfonamides is 1. The number of aromatic nitrogens is 1. The zero-order valence-corrected chi connectivity index (χ0v) is 14.4. The molecule has 1 saturated carbocycles. The lowest BCUT2D eigenvalue weighted by Crippen LogP contribution is -2.44. The maximum absolute atomic E-state index is 13.1. The van der Waals surface area contributed by atoms with Gasteiger partial charge in [0, 0.05) is 5.39 Å². The van der Waals surface area contributed by atoms with Crippen LogP contribution in [0.1, 0.15) is 31.4 Å². The fourth-order valence-corrected chi connectivity index (χ4v) is 4.42. The third kappa shape index (κ3) is 4.00. The normalized spacial score (nSPS) is 21.7. The molecule has 0 aliphatic heterocycles. The molecule has 142 valence electrons. The Bertz CT molecular complexity index is 908. The van der Waals surface area contributed by atoms with Crippen molar-refractivity contribution >= 4 is 26.9 Å². The van der Waals surface area contributed by atoms with Crippen LogP contribution in [0.3, 0.4) is 0 Å². The first-order chi connectivity index (χ1) is 12.2. The topological polar surface area (TPSA) is 89.3 Å². The number of para-hydroxylation sites is 1. The molecule has 26 heavy (non-hydrogen) atoms. The summed E-state index contributed by atoms with van der Waals surface area (Å²) < 4.78 is 70.6. The molecule has 6 nitrogen and oxygen atoms in total. The van der Waals surface area contributed by atoms with E-state index in [1.165, 1.54) is 0 Å². The van der Waals surface area contributed by atoms with E-state index in [-0.39, 0.29) is 18.5 Å². The molecule has 0 spiro atoms. The third-order valence-corrected chi connectivity index (χ3v) is 5.72. The largest absolute Gasteiger partial charge is 0.392 e. The molecule has 2 aromatic rings. The van der Waals surface area contributed by atoms with Crippen molar-refractivity contribution in [1.82, 2.24) is 9.88 Å². The number of rotatable bonds is 4. The summed E-state index contributed by atoms with van der Waals surface area (Å²) in [5.41, 5.74) is 0.477. The molecule has 0 saturated heterocycles. The summed E-state index contributed by atoms with van der Waals surface area (Å²) in [4.78, 5) is 12.2. The molecular weight excluding hydrogens is 373 g/mol. The zero-order chi connectivity index (χ0) is 18.9. The summed E-state index contributed by atoms with van der Waals surface area (Å²) in [7, 11) is -4.20. The molecule has 1 aromatic heterocycles. The molecule has 0 unspecified atom stereocenters. The van der Waals surface area contributed by atoms with Crippen molar-refractivity contribution in [2.24, 2.45) is 11.8 Å². The molecule has 1 aliphatic carbocycles. The van der Waals surface area contributed by atoms with Crippen molar-refractivity contribution in [1.29, 1.82) is 0 Å². The van der Waals surface area contributed by atoms with Gasteiger partial charge in [0.2, 0.25) is 15.9 Å². The van der Waals surface area contributed by atoms with Gasteiger partial charge in [0.15, 0.2) is 5.58 Å². The lowest BCUT2D eigenvalue weighted by atomic mass is 9.78. The lowest BCUT2D eigenvalue weighted by molar-refractivity contribution is -0.197. The number of nitrogens with one attached hydrogen (secondary N) is 1. The Morgan fingerprint density at radius 2 is 1.92 bits per heavy atom. The highest BCUT2D eigenvalue weighted by Gasteiger charge is 2.48. The van der Waals surface area contributed by atoms with Crippen LogP contribution in [-0.2, 0) is 20.6 Å². The van der Waals surface area contributed by atoms with Gasteiger partial charge in [0.05, 0.1) is 11.8 Å². The van der Waals surface area contributed by atoms with Crippen LogP contribution in [0.5, 0.6) is 0 Å². The number of nitrogens with zero attached hydrogens (tertiary/aromatic N) is 1. The minimum Gasteiger partial charge on any atom is -0.356 e. The predicted octanol–water partition coefficient (Wildman–Crippen LogP) is 3.14. The number of carbonyl (C=O) groups is 1. The van der Waals surface area contributed by atoms with Crippen LogP contribution in [0.25, 0.3) is 11.0 Å². The Labute approximate surface area is 147 Å². The second kappa shape index (κ2) is 6.90. The van der Waals surface area contributed by atoms with Gasteiger partial charge in [-0.25, -0.2) is 8.42 Å². The van der Waals surface area contributed by atoms with Crippen LogP contribution in [-0.4, -0.2) is 25.7 Å². The summed E-state index contributed by atoms with van der Waals surface area (Å²) in [5.74, 6) is -4.98. The molecule has 1 N–H and O–H groups in total. The van der Waals surface area contributed by atoms with E-state index in [9.17, 15) is 26.4 Å². The molecule has 1 amide bonds. The molecule has 0 bridgehead atoms. The van der Waals surface area contributed by atoms with Gasteiger partial charge in [-0.2, -0.15) is 13.2 Å². The Morgan fingerprint density at radius 3 is 2.65 bits per heavy atom. The first kappa shape index (κ1) is 18.7. The Morgan fingerprint density at radius 1 is 1.23 bits per heavy atom. The van der Waals surface area contributed by atoms with E-state index in [0.717, 1.165) is 0 Å². The summed E-state index contributed by atoms with van der Waals surface area (Å²) >= 11 is 0. The molecule has 0 radical (unpaired) electrons. The average molecular weight is 390 g/mol. The SMILES string of the molecule is O=C(NS(=O)(=O)Cc1noc2ccccc12)[C@@H]1CCCC[C@H]1C(F)(F)F. The lowest BCUT2D eigenvalue weighted by Gasteiger charge is -2.31. The minimum atomic E-state index is -4.53. The maximum atomic E-state index is 13.1. The van der Waals surface area contributed by atoms with Crippen molar-refractivity contribution in [2.45, 2.75) is 37.6 Å². The number of benzene rings is 1. The molecule has 1 heterocycles. The number of amides is 1. The van der Waals surface area contributed by atoms with Crippen LogP contribution in [0.2, 0.25) is 0 Å². The van der Waals surface area contributed by atoms with Crippen molar-refractivity contribution in [2.75, 3.05) is 0 Å². The van der Waals surface area contributed by atoms with E-state index in [0.29, 0.717) is 23.8 Å². The highest BCUT2D eigenvalue weighted by atomic mass is 32.2. The van der Waals surface area contributed by atoms with Gasteiger partial charge in [0.1, 0.15) is 11.4 Å². The van der Waals surface area contributed by atoms with Gasteiger partial charge in [-0.3, -0.25) is 9.52 Å². The van der Waals surface area contributed by atoms with Crippen molar-refractivity contribution in [3.8, 4) is 0 Å². The molecule has 1 aromatic carbocycles. The van der Waals surface area contributed by atoms with Crippen LogP contribution in [0.15, 0.2) is 28.8 Å². The van der Waals surface area contributed by atoms with Gasteiger partial charge in [0.25, 0.3) is 0 Å². The first-order valence-electron chi connectivity index (χ1n) is 8.12. The average Bonchev–Trinajstić information content (AvgIpc) is 2.96. The maximum Gasteiger partial charge on any atom is 0.392 e. The van der Waals surface area contributed by atoms with Gasteiger partial charge < -0.3 is 4.52 Å². The van der Waals surface area contributed by atoms with E-state index < -0.39 is 39.7 Å². The third-order valence-electron chi connectivity index (χ3n) is 4.56. The summed E-state index contributed by atoms with van der Waals surface area (Å²) in [6, 6.07) is 6.57. The highest BCUT2D eigenvalue weighted by molar-refractivity contribution is 7.89. The van der Waals surface area contributed by atoms with Crippen LogP contribution < -0.4 is 4.72 Å². The van der Waals surface area contributed by atoms with Crippen molar-refractivity contribution in [3.05, 3.63) is 30.0 Å². The number of hydrogen-bond acceptors (Lipinski definition) is 5. The first-order valence-corrected chi connectivity index (χ1v) is 9.77. The quantitative estimate of drug-likeness (QED) is 0.866. The van der Waals surface area contributed by atoms with E-state index in [2.05, 4.69) is 5.16 Å². The highest BCUT2D eigenvalue weighted by Crippen LogP contribution is 2.41. The number of carbonyl (C=O) groups excluding carboxylic acids is 1. The van der Waals surface area contributed by atoms with E-state index >= 15 is 0 Å². The summed E-state index contributed by atoms with van der Waals surface area (Å²) in [6.45, 7) is 0. The van der Waals surface area contributed by atoms with E-state index in [1.807, 2.05) is 0 Å². The van der Waals surface area contributed by atoms with Gasteiger partial charge in [-0.15, -0.1) is 0 Å². The number of halogens is 3. The number of alkyl halides is 3. The molecule has 10 heteroatoms. The molecule has 1 aliphatic rings. The van der Waals surface area contributed by atoms with E-state index in [1.54, 1.807) is 29.0 Å². The van der Waals surface area contributed by atoms with Gasteiger partial charge in [-0.05, 0) is 25.0 Å². The van der Waals surface area contributed by atoms with Gasteiger partial charge >= 0.3 is 6.18 Å². The number of hydrogen-bond donors (Lipinski definition) is 1. The van der Waals surface area contributed by atoms with Crippen LogP contribution in [0.4, 0.5) is 13.2 Å². The monoisotopic (exact) mass is 390 g/mol. The molecule has 1 fully saturated rings. The smallest absolute Gasteiger partial charge is 0.356 e. The fourth-order valence-electron chi connectivity index (χ4n) is 3.32. The Kier molecular flexibility index (Phi) is 4.96. The van der Waals surface area contributed by atoms with Crippen molar-refractivity contribution in [3.63, 3.8) is 0 Å². The summed E-state index contributed by atoms with van der Waals surface area (Å²) in [5, 5.41) is 4.14. The summed E-state index contributed by atoms with van der Waals surface area (Å²) in [6.07, 6.45) is -3.87. The molecule has 2 atom stereocenters. The standard InChI is InChI=1S/C16H17F3N2O4S/c17-16(18,19)12-7-3-1-5-10(12)15(22)21-26(23,24)9-13-11-6-2-4-8-14(11)25-20-13/h2,4,6,8,10,12H,1,3,5,7,9H2,(H,21,22)/t10-,12-/m1/s1. The molecule has 3 rings (SSSR count). The zero-order valence-electron chi connectivity index (χ0n) is 13.6. The van der Waals surface area contributed by atoms with E-state index in [4.69, 9.17) is 4.52 Å².